The third kappa shape index (κ3) is 6.79. The highest BCUT2D eigenvalue weighted by atomic mass is 32.1. The van der Waals surface area contributed by atoms with Gasteiger partial charge in [-0.15, -0.1) is 22.7 Å². The topological polar surface area (TPSA) is 17.0 Å². The van der Waals surface area contributed by atoms with E-state index in [0.29, 0.717) is 0 Å². The molecular formula is C73H70BN2S2. The molecule has 15 rings (SSSR count). The zero-order valence-electron chi connectivity index (χ0n) is 47.9. The van der Waals surface area contributed by atoms with E-state index in [9.17, 15) is 0 Å². The molecule has 0 spiro atoms. The van der Waals surface area contributed by atoms with Gasteiger partial charge in [0.25, 0.3) is 0 Å². The smallest absolute Gasteiger partial charge is 0.211 e. The van der Waals surface area contributed by atoms with Crippen LogP contribution in [0.5, 0.6) is 0 Å². The largest absolute Gasteiger partial charge is 0.355 e. The quantitative estimate of drug-likeness (QED) is 0.174. The van der Waals surface area contributed by atoms with Crippen molar-refractivity contribution in [2.24, 2.45) is 0 Å². The maximum atomic E-state index is 4.19. The van der Waals surface area contributed by atoms with Crippen LogP contribution in [0.3, 0.4) is 0 Å². The molecule has 3 aliphatic carbocycles. The lowest BCUT2D eigenvalue weighted by atomic mass is 9.62. The highest BCUT2D eigenvalue weighted by Gasteiger charge is 2.44. The molecule has 0 amide bonds. The summed E-state index contributed by atoms with van der Waals surface area (Å²) in [5.41, 5.74) is 25.7. The van der Waals surface area contributed by atoms with Crippen molar-refractivity contribution in [3.8, 4) is 39.1 Å². The van der Waals surface area contributed by atoms with E-state index in [4.69, 9.17) is 0 Å². The normalized spacial score (nSPS) is 18.0. The molecule has 5 heteroatoms. The highest BCUT2D eigenvalue weighted by molar-refractivity contribution is 7.29. The van der Waals surface area contributed by atoms with Crippen molar-refractivity contribution in [1.29, 1.82) is 0 Å². The Bertz CT molecular complexity index is 4430. The highest BCUT2D eigenvalue weighted by Crippen LogP contribution is 2.58. The Kier molecular flexibility index (Phi) is 9.94. The molecule has 0 saturated carbocycles. The molecule has 0 bridgehead atoms. The van der Waals surface area contributed by atoms with Crippen LogP contribution in [0.15, 0.2) is 133 Å². The summed E-state index contributed by atoms with van der Waals surface area (Å²) in [4.78, 5) is 0. The number of benzene rings is 8. The second-order valence-corrected chi connectivity index (χ2v) is 30.2. The van der Waals surface area contributed by atoms with Gasteiger partial charge in [-0.25, -0.2) is 0 Å². The van der Waals surface area contributed by atoms with Crippen molar-refractivity contribution >= 4 is 104 Å². The molecule has 4 aliphatic rings. The fourth-order valence-corrected chi connectivity index (χ4v) is 17.3. The molecule has 1 radical (unpaired) electrons. The Morgan fingerprint density at radius 2 is 1.10 bits per heavy atom. The maximum absolute atomic E-state index is 4.19. The minimum atomic E-state index is -0.213. The van der Waals surface area contributed by atoms with Crippen molar-refractivity contribution in [3.63, 3.8) is 0 Å². The Balaban J connectivity index is 1.10. The first-order chi connectivity index (χ1) is 37.0. The molecular weight excluding hydrogens is 980 g/mol. The van der Waals surface area contributed by atoms with E-state index in [-0.39, 0.29) is 32.5 Å². The Morgan fingerprint density at radius 3 is 1.79 bits per heavy atom. The van der Waals surface area contributed by atoms with Gasteiger partial charge in [0.2, 0.25) is 7.28 Å². The van der Waals surface area contributed by atoms with Crippen LogP contribution < -0.4 is 15.6 Å². The predicted molar refractivity (Wildman–Crippen MR) is 342 cm³/mol. The number of anilines is 2. The molecule has 387 valence electrons. The summed E-state index contributed by atoms with van der Waals surface area (Å²) < 4.78 is 8.10. The van der Waals surface area contributed by atoms with Gasteiger partial charge < -0.3 is 9.88 Å². The van der Waals surface area contributed by atoms with E-state index in [2.05, 4.69) is 241 Å². The van der Waals surface area contributed by atoms with E-state index in [1.807, 2.05) is 22.7 Å². The summed E-state index contributed by atoms with van der Waals surface area (Å²) in [7, 11) is 2.62. The summed E-state index contributed by atoms with van der Waals surface area (Å²) in [5.74, 6) is 0. The van der Waals surface area contributed by atoms with Crippen molar-refractivity contribution in [2.45, 2.75) is 148 Å². The summed E-state index contributed by atoms with van der Waals surface area (Å²) in [6.07, 6.45) is 4.72. The third-order valence-corrected chi connectivity index (χ3v) is 22.2. The molecule has 0 fully saturated rings. The first-order valence-electron chi connectivity index (χ1n) is 28.7. The Hall–Kier alpha value is -6.40. The lowest BCUT2D eigenvalue weighted by molar-refractivity contribution is 0.331. The molecule has 3 aromatic heterocycles. The van der Waals surface area contributed by atoms with Crippen LogP contribution in [0.1, 0.15) is 155 Å². The predicted octanol–water partition coefficient (Wildman–Crippen LogP) is 19.7. The average molecular weight is 1050 g/mol. The van der Waals surface area contributed by atoms with Crippen LogP contribution in [0.2, 0.25) is 0 Å². The molecule has 1 N–H and O–H groups in total. The number of hydrogen-bond donors (Lipinski definition) is 1. The van der Waals surface area contributed by atoms with Gasteiger partial charge in [-0.05, 0) is 190 Å². The summed E-state index contributed by atoms with van der Waals surface area (Å²) in [6, 6.07) is 52.5. The van der Waals surface area contributed by atoms with Crippen molar-refractivity contribution in [3.05, 3.63) is 172 Å². The van der Waals surface area contributed by atoms with Gasteiger partial charge in [0.1, 0.15) is 0 Å². The van der Waals surface area contributed by atoms with Gasteiger partial charge in [0, 0.05) is 63.4 Å². The number of nitrogens with one attached hydrogen (secondary N) is 1. The number of rotatable bonds is 4. The Morgan fingerprint density at radius 1 is 0.500 bits per heavy atom. The Labute approximate surface area is 470 Å². The molecule has 0 unspecified atom stereocenters. The van der Waals surface area contributed by atoms with E-state index in [1.165, 1.54) is 166 Å². The van der Waals surface area contributed by atoms with Crippen LogP contribution >= 0.6 is 22.7 Å². The lowest BCUT2D eigenvalue weighted by Crippen LogP contribution is -2.35. The van der Waals surface area contributed by atoms with Gasteiger partial charge in [0.05, 0.1) is 16.7 Å². The number of nitrogens with zero attached hydrogens (tertiary/aromatic N) is 1. The van der Waals surface area contributed by atoms with Crippen LogP contribution in [-0.4, -0.2) is 11.8 Å². The fourth-order valence-electron chi connectivity index (χ4n) is 14.9. The van der Waals surface area contributed by atoms with E-state index in [1.54, 1.807) is 0 Å². The van der Waals surface area contributed by atoms with Gasteiger partial charge in [-0.3, -0.25) is 0 Å². The number of thiophene rings is 2. The lowest BCUT2D eigenvalue weighted by Gasteiger charge is -2.42. The maximum Gasteiger partial charge on any atom is 0.211 e. The molecule has 8 aromatic carbocycles. The zero-order valence-corrected chi connectivity index (χ0v) is 49.5. The summed E-state index contributed by atoms with van der Waals surface area (Å²) in [5, 5.41) is 11.0. The molecule has 2 nitrogen and oxygen atoms in total. The van der Waals surface area contributed by atoms with Crippen molar-refractivity contribution < 1.29 is 0 Å². The summed E-state index contributed by atoms with van der Waals surface area (Å²) >= 11 is 3.94. The van der Waals surface area contributed by atoms with Gasteiger partial charge in [0.15, 0.2) is 0 Å². The second kappa shape index (κ2) is 15.9. The molecule has 1 aliphatic heterocycles. The molecule has 11 aromatic rings. The third-order valence-electron chi connectivity index (χ3n) is 19.9. The van der Waals surface area contributed by atoms with Crippen LogP contribution in [0, 0.1) is 0 Å². The fraction of sp³-hybridized carbons (Fsp3) is 0.315. The van der Waals surface area contributed by atoms with Gasteiger partial charge >= 0.3 is 0 Å². The summed E-state index contributed by atoms with van der Waals surface area (Å²) in [6.45, 7) is 31.7. The van der Waals surface area contributed by atoms with Crippen LogP contribution in [0.25, 0.3) is 91.1 Å². The van der Waals surface area contributed by atoms with E-state index < -0.39 is 0 Å². The van der Waals surface area contributed by atoms with E-state index in [0.717, 1.165) is 11.4 Å². The van der Waals surface area contributed by atoms with Crippen LogP contribution in [-0.2, 0) is 32.5 Å². The van der Waals surface area contributed by atoms with Crippen molar-refractivity contribution in [1.82, 2.24) is 4.57 Å². The average Bonchev–Trinajstić information content (AvgIpc) is 3.26. The number of hydrogen-bond acceptors (Lipinski definition) is 3. The van der Waals surface area contributed by atoms with Gasteiger partial charge in [-0.2, -0.15) is 0 Å². The molecule has 4 heterocycles. The first-order valence-corrected chi connectivity index (χ1v) is 30.4. The van der Waals surface area contributed by atoms with Crippen molar-refractivity contribution in [2.75, 3.05) is 5.32 Å². The molecule has 78 heavy (non-hydrogen) atoms. The molecule has 0 atom stereocenters. The van der Waals surface area contributed by atoms with Gasteiger partial charge in [-0.1, -0.05) is 163 Å². The van der Waals surface area contributed by atoms with Crippen LogP contribution in [0.4, 0.5) is 11.4 Å². The number of aromatic nitrogens is 1. The standard InChI is InChI=1S/C73H70BN2S2/c1-68(2,3)42-24-26-43(27-25-42)75-56-38-51-45(46-35-52-54(37-50(46)73(51,12)13)71(8,9)31-29-69(52,4)5)34-47(56)60-61-44-21-17-18-22-58(44)77-66(61)62-48-36-53-55(72(10,11)32-30-70(53,6)7)39-57(48)76-64-49-33-41(40-19-15-14-16-20-40)23-28-59(49)78-67(64)74-63(60)65(62)76/h14-28,33-39,75H,29-32H2,1-13H3. The molecule has 0 saturated heterocycles. The zero-order chi connectivity index (χ0) is 54.0. The number of fused-ring (bicyclic) bond motifs is 16. The minimum absolute atomic E-state index is 0.0435. The van der Waals surface area contributed by atoms with E-state index >= 15 is 0 Å². The SMILES string of the molecule is CC(C)(C)c1ccc(Nc2cc3c(cc2-c2c4c5c(c6cc7c(cc6n5-c5c(sc6ccc(-c8ccccc8)cc56)[B]4)C(C)(C)CCC7(C)C)c4sc5ccccc5c24)-c2cc4c(cc2C3(C)C)C(C)(C)CCC4(C)C)cc1. The first kappa shape index (κ1) is 48.7. The monoisotopic (exact) mass is 1050 g/mol. The minimum Gasteiger partial charge on any atom is -0.355 e. The second-order valence-electron chi connectivity index (χ2n) is 28.1.